The Morgan fingerprint density at radius 3 is 2.14 bits per heavy atom. The second kappa shape index (κ2) is 3.54. The normalized spacial score (nSPS) is 23.2. The monoisotopic (exact) mass is 199 g/mol. The largest absolute Gasteiger partial charge is 0.383 e. The Labute approximate surface area is 86.2 Å². The van der Waals surface area contributed by atoms with Gasteiger partial charge in [0.05, 0.1) is 6.61 Å². The third-order valence-corrected chi connectivity index (χ3v) is 3.89. The highest BCUT2D eigenvalue weighted by Crippen LogP contribution is 2.68. The van der Waals surface area contributed by atoms with Crippen molar-refractivity contribution in [2.75, 3.05) is 20.3 Å². The molecule has 0 saturated heterocycles. The summed E-state index contributed by atoms with van der Waals surface area (Å²) in [6.07, 6.45) is 0. The van der Waals surface area contributed by atoms with E-state index >= 15 is 0 Å². The first-order valence-electron chi connectivity index (χ1n) is 5.12. The fourth-order valence-electron chi connectivity index (χ4n) is 2.23. The summed E-state index contributed by atoms with van der Waals surface area (Å²) in [6, 6.07) is 0. The molecule has 0 aromatic heterocycles. The third kappa shape index (κ3) is 1.65. The highest BCUT2D eigenvalue weighted by Gasteiger charge is 2.68. The van der Waals surface area contributed by atoms with E-state index in [1.807, 2.05) is 0 Å². The topological polar surface area (TPSA) is 38.3 Å². The van der Waals surface area contributed by atoms with Crippen molar-refractivity contribution in [3.8, 4) is 0 Å². The summed E-state index contributed by atoms with van der Waals surface area (Å²) in [4.78, 5) is 11.7. The van der Waals surface area contributed by atoms with Gasteiger partial charge in [-0.15, -0.1) is 0 Å². The summed E-state index contributed by atoms with van der Waals surface area (Å²) in [7, 11) is 1.64. The average Bonchev–Trinajstić information content (AvgIpc) is 2.43. The standard InChI is InChI=1S/C11H21NO2/c1-10(2)8(11(10,3)4)9(13)12-6-7-14-5/h8H,6-7H2,1-5H3,(H,12,13). The molecule has 0 aliphatic heterocycles. The number of nitrogens with one attached hydrogen (secondary N) is 1. The first-order valence-corrected chi connectivity index (χ1v) is 5.12. The molecule has 0 radical (unpaired) electrons. The van der Waals surface area contributed by atoms with Crippen molar-refractivity contribution >= 4 is 5.91 Å². The molecule has 0 atom stereocenters. The Morgan fingerprint density at radius 2 is 1.79 bits per heavy atom. The zero-order valence-corrected chi connectivity index (χ0v) is 9.81. The van der Waals surface area contributed by atoms with Crippen molar-refractivity contribution in [3.05, 3.63) is 0 Å². The summed E-state index contributed by atoms with van der Waals surface area (Å²) in [5.74, 6) is 0.309. The van der Waals surface area contributed by atoms with Crippen LogP contribution in [-0.2, 0) is 9.53 Å². The molecule has 0 unspecified atom stereocenters. The van der Waals surface area contributed by atoms with Crippen LogP contribution < -0.4 is 5.32 Å². The lowest BCUT2D eigenvalue weighted by atomic mass is 10.0. The van der Waals surface area contributed by atoms with E-state index in [1.54, 1.807) is 7.11 Å². The molecule has 1 N–H and O–H groups in total. The van der Waals surface area contributed by atoms with Gasteiger partial charge in [0.1, 0.15) is 0 Å². The number of methoxy groups -OCH3 is 1. The molecule has 0 spiro atoms. The molecule has 1 fully saturated rings. The van der Waals surface area contributed by atoms with E-state index in [2.05, 4.69) is 33.0 Å². The SMILES string of the molecule is COCCNC(=O)C1C(C)(C)C1(C)C. The van der Waals surface area contributed by atoms with Gasteiger partial charge in [0.25, 0.3) is 0 Å². The maximum Gasteiger partial charge on any atom is 0.224 e. The van der Waals surface area contributed by atoms with Crippen LogP contribution in [-0.4, -0.2) is 26.2 Å². The predicted octanol–water partition coefficient (Wildman–Crippen LogP) is 1.43. The Balaban J connectivity index is 2.42. The first-order chi connectivity index (χ1) is 6.35. The molecule has 0 bridgehead atoms. The van der Waals surface area contributed by atoms with E-state index in [9.17, 15) is 4.79 Å². The van der Waals surface area contributed by atoms with Crippen LogP contribution >= 0.6 is 0 Å². The lowest BCUT2D eigenvalue weighted by Crippen LogP contribution is -2.30. The average molecular weight is 199 g/mol. The highest BCUT2D eigenvalue weighted by molar-refractivity contribution is 5.84. The van der Waals surface area contributed by atoms with Crippen LogP contribution in [0.4, 0.5) is 0 Å². The fraction of sp³-hybridized carbons (Fsp3) is 0.909. The van der Waals surface area contributed by atoms with Crippen molar-refractivity contribution in [2.45, 2.75) is 27.7 Å². The van der Waals surface area contributed by atoms with Gasteiger partial charge in [0.2, 0.25) is 5.91 Å². The van der Waals surface area contributed by atoms with Crippen molar-refractivity contribution in [1.82, 2.24) is 5.32 Å². The molecule has 1 aliphatic rings. The van der Waals surface area contributed by atoms with Gasteiger partial charge >= 0.3 is 0 Å². The van der Waals surface area contributed by atoms with Crippen LogP contribution in [0.25, 0.3) is 0 Å². The zero-order valence-electron chi connectivity index (χ0n) is 9.81. The van der Waals surface area contributed by atoms with E-state index in [0.717, 1.165) is 0 Å². The van der Waals surface area contributed by atoms with Crippen molar-refractivity contribution < 1.29 is 9.53 Å². The summed E-state index contributed by atoms with van der Waals surface area (Å²) >= 11 is 0. The maximum atomic E-state index is 11.7. The van der Waals surface area contributed by atoms with Crippen LogP contribution in [0.3, 0.4) is 0 Å². The Bertz CT molecular complexity index is 219. The first kappa shape index (κ1) is 11.5. The number of hydrogen-bond donors (Lipinski definition) is 1. The highest BCUT2D eigenvalue weighted by atomic mass is 16.5. The van der Waals surface area contributed by atoms with Crippen LogP contribution in [0.2, 0.25) is 0 Å². The Kier molecular flexibility index (Phi) is 2.91. The molecular weight excluding hydrogens is 178 g/mol. The van der Waals surface area contributed by atoms with Gasteiger partial charge in [-0.1, -0.05) is 27.7 Å². The minimum atomic E-state index is 0.129. The number of rotatable bonds is 4. The van der Waals surface area contributed by atoms with Crippen LogP contribution in [0.15, 0.2) is 0 Å². The third-order valence-electron chi connectivity index (χ3n) is 3.89. The summed E-state index contributed by atoms with van der Waals surface area (Å²) in [6.45, 7) is 9.78. The quantitative estimate of drug-likeness (QED) is 0.696. The van der Waals surface area contributed by atoms with Gasteiger partial charge in [-0.25, -0.2) is 0 Å². The van der Waals surface area contributed by atoms with Gasteiger partial charge in [-0.05, 0) is 10.8 Å². The van der Waals surface area contributed by atoms with Crippen molar-refractivity contribution in [1.29, 1.82) is 0 Å². The van der Waals surface area contributed by atoms with Crippen LogP contribution in [0.1, 0.15) is 27.7 Å². The number of amides is 1. The van der Waals surface area contributed by atoms with Crippen LogP contribution in [0, 0.1) is 16.7 Å². The number of ether oxygens (including phenoxy) is 1. The fourth-order valence-corrected chi connectivity index (χ4v) is 2.23. The molecule has 0 aromatic rings. The lowest BCUT2D eigenvalue weighted by molar-refractivity contribution is -0.123. The Hall–Kier alpha value is -0.570. The molecule has 3 heteroatoms. The van der Waals surface area contributed by atoms with E-state index in [4.69, 9.17) is 4.74 Å². The van der Waals surface area contributed by atoms with E-state index in [0.29, 0.717) is 13.2 Å². The maximum absolute atomic E-state index is 11.7. The number of carbonyl (C=O) groups is 1. The molecule has 1 rings (SSSR count). The smallest absolute Gasteiger partial charge is 0.224 e. The number of carbonyl (C=O) groups excluding carboxylic acids is 1. The summed E-state index contributed by atoms with van der Waals surface area (Å²) in [5.41, 5.74) is 0.258. The zero-order chi connectivity index (χ0) is 11.0. The van der Waals surface area contributed by atoms with E-state index in [1.165, 1.54) is 0 Å². The molecule has 1 amide bonds. The van der Waals surface area contributed by atoms with E-state index < -0.39 is 0 Å². The predicted molar refractivity (Wildman–Crippen MR) is 55.9 cm³/mol. The van der Waals surface area contributed by atoms with E-state index in [-0.39, 0.29) is 22.7 Å². The van der Waals surface area contributed by atoms with Crippen molar-refractivity contribution in [3.63, 3.8) is 0 Å². The van der Waals surface area contributed by atoms with Gasteiger partial charge < -0.3 is 10.1 Å². The number of hydrogen-bond acceptors (Lipinski definition) is 2. The minimum Gasteiger partial charge on any atom is -0.383 e. The Morgan fingerprint density at radius 1 is 1.29 bits per heavy atom. The van der Waals surface area contributed by atoms with Gasteiger partial charge in [-0.3, -0.25) is 4.79 Å². The second-order valence-corrected chi connectivity index (χ2v) is 5.16. The molecule has 3 nitrogen and oxygen atoms in total. The summed E-state index contributed by atoms with van der Waals surface area (Å²) < 4.78 is 4.88. The molecule has 1 saturated carbocycles. The molecule has 0 aromatic carbocycles. The molecule has 0 heterocycles. The van der Waals surface area contributed by atoms with Gasteiger partial charge in [0.15, 0.2) is 0 Å². The molecular formula is C11H21NO2. The van der Waals surface area contributed by atoms with Crippen molar-refractivity contribution in [2.24, 2.45) is 16.7 Å². The summed E-state index contributed by atoms with van der Waals surface area (Å²) in [5, 5.41) is 2.89. The lowest BCUT2D eigenvalue weighted by Gasteiger charge is -2.05. The van der Waals surface area contributed by atoms with Crippen LogP contribution in [0.5, 0.6) is 0 Å². The second-order valence-electron chi connectivity index (χ2n) is 5.16. The van der Waals surface area contributed by atoms with Gasteiger partial charge in [0, 0.05) is 19.6 Å². The molecule has 1 aliphatic carbocycles. The molecule has 14 heavy (non-hydrogen) atoms. The minimum absolute atomic E-state index is 0.129. The molecule has 82 valence electrons. The van der Waals surface area contributed by atoms with Gasteiger partial charge in [-0.2, -0.15) is 0 Å².